The molecule has 2 aromatic rings. The smallest absolute Gasteiger partial charge is 0 e. The Labute approximate surface area is 91.1 Å². The molecule has 0 saturated carbocycles. The van der Waals surface area contributed by atoms with Gasteiger partial charge < -0.3 is 4.98 Å². The molecule has 1 aromatic carbocycles. The molecule has 0 amide bonds. The first-order chi connectivity index (χ1) is 4.88. The first kappa shape index (κ1) is 8.96. The van der Waals surface area contributed by atoms with Crippen molar-refractivity contribution in [1.29, 1.82) is 0 Å². The number of aromatic amines is 1. The van der Waals surface area contributed by atoms with E-state index in [2.05, 4.69) is 30.1 Å². The van der Waals surface area contributed by atoms with Gasteiger partial charge >= 0.3 is 0 Å². The zero-order chi connectivity index (χ0) is 6.97. The van der Waals surface area contributed by atoms with Crippen LogP contribution < -0.4 is 0 Å². The monoisotopic (exact) mass is 219 g/mol. The van der Waals surface area contributed by atoms with Gasteiger partial charge in [-0.3, -0.25) is 0 Å². The average Bonchev–Trinajstić information content (AvgIpc) is 2.36. The van der Waals surface area contributed by atoms with Gasteiger partial charge in [-0.1, -0.05) is 18.5 Å². The Morgan fingerprint density at radius 2 is 2.18 bits per heavy atom. The van der Waals surface area contributed by atoms with Gasteiger partial charge in [0.25, 0.3) is 0 Å². The third-order valence-electron chi connectivity index (χ3n) is 1.72. The molecule has 1 aromatic heterocycles. The normalized spacial score (nSPS) is 9.55. The zero-order valence-electron chi connectivity index (χ0n) is 6.39. The molecule has 1 heterocycles. The molecule has 0 aliphatic rings. The van der Waals surface area contributed by atoms with E-state index in [1.807, 2.05) is 12.3 Å². The molecule has 1 N–H and O–H groups in total. The Kier molecular flexibility index (Phi) is 2.86. The molecule has 1 radical (unpaired) electrons. The van der Waals surface area contributed by atoms with Gasteiger partial charge in [0.1, 0.15) is 0 Å². The van der Waals surface area contributed by atoms with Crippen LogP contribution in [-0.4, -0.2) is 4.98 Å². The van der Waals surface area contributed by atoms with Crippen molar-refractivity contribution < 1.29 is 32.7 Å². The Balaban J connectivity index is 0.000000605. The minimum absolute atomic E-state index is 0. The number of benzene rings is 1. The van der Waals surface area contributed by atoms with Crippen molar-refractivity contribution in [2.24, 2.45) is 0 Å². The van der Waals surface area contributed by atoms with Gasteiger partial charge in [-0.25, -0.2) is 0 Å². The third-order valence-corrected chi connectivity index (χ3v) is 1.72. The maximum atomic E-state index is 3.16. The van der Waals surface area contributed by atoms with Crippen molar-refractivity contribution >= 4 is 10.9 Å². The van der Waals surface area contributed by atoms with Crippen LogP contribution in [0.1, 0.15) is 5.56 Å². The number of nitrogens with one attached hydrogen (secondary N) is 1. The second-order valence-corrected chi connectivity index (χ2v) is 2.41. The van der Waals surface area contributed by atoms with E-state index in [4.69, 9.17) is 0 Å². The number of hydrogen-bond acceptors (Lipinski definition) is 0. The van der Waals surface area contributed by atoms with Crippen LogP contribution in [0.25, 0.3) is 10.9 Å². The summed E-state index contributed by atoms with van der Waals surface area (Å²) in [5.41, 5.74) is 2.38. The molecule has 0 atom stereocenters. The van der Waals surface area contributed by atoms with Crippen molar-refractivity contribution in [1.82, 2.24) is 4.98 Å². The van der Waals surface area contributed by atoms with E-state index in [1.165, 1.54) is 16.5 Å². The van der Waals surface area contributed by atoms with E-state index in [-0.39, 0.29) is 32.7 Å². The summed E-state index contributed by atoms with van der Waals surface area (Å²) in [4.78, 5) is 3.16. The number of aromatic nitrogens is 1. The molecule has 0 spiro atoms. The van der Waals surface area contributed by atoms with Crippen LogP contribution in [0, 0.1) is 13.0 Å². The average molecular weight is 219 g/mol. The van der Waals surface area contributed by atoms with Gasteiger partial charge in [0.05, 0.1) is 0 Å². The van der Waals surface area contributed by atoms with E-state index in [0.29, 0.717) is 0 Å². The van der Waals surface area contributed by atoms with Crippen molar-refractivity contribution in [2.45, 2.75) is 6.92 Å². The second-order valence-electron chi connectivity index (χ2n) is 2.41. The van der Waals surface area contributed by atoms with E-state index in [9.17, 15) is 0 Å². The molecule has 0 aliphatic heterocycles. The van der Waals surface area contributed by atoms with E-state index in [1.54, 1.807) is 0 Å². The number of H-pyrrole nitrogens is 1. The largest absolute Gasteiger partial charge is 0.414 e. The summed E-state index contributed by atoms with van der Waals surface area (Å²) in [5, 5.41) is 1.26. The predicted octanol–water partition coefficient (Wildman–Crippen LogP) is 2.27. The predicted molar refractivity (Wildman–Crippen MR) is 41.9 cm³/mol. The maximum absolute atomic E-state index is 3.16. The van der Waals surface area contributed by atoms with Crippen LogP contribution in [0.5, 0.6) is 0 Å². The fourth-order valence-electron chi connectivity index (χ4n) is 1.17. The van der Waals surface area contributed by atoms with Crippen molar-refractivity contribution in [3.63, 3.8) is 0 Å². The summed E-state index contributed by atoms with van der Waals surface area (Å²) in [6, 6.07) is 9.20. The second kappa shape index (κ2) is 3.51. The van der Waals surface area contributed by atoms with Crippen LogP contribution in [0.4, 0.5) is 0 Å². The molecule has 1 nitrogen and oxygen atoms in total. The minimum atomic E-state index is 0. The minimum Gasteiger partial charge on any atom is -0.414 e. The molecule has 2 rings (SSSR count). The molecule has 2 heteroatoms. The van der Waals surface area contributed by atoms with Crippen LogP contribution in [0.3, 0.4) is 0 Å². The van der Waals surface area contributed by atoms with Crippen LogP contribution >= 0.6 is 0 Å². The van der Waals surface area contributed by atoms with Crippen LogP contribution in [-0.2, 0) is 32.7 Å². The van der Waals surface area contributed by atoms with Gasteiger partial charge in [0.2, 0.25) is 0 Å². The molecule has 53 valence electrons. The Hall–Kier alpha value is -0.136. The number of fused-ring (bicyclic) bond motifs is 1. The summed E-state index contributed by atoms with van der Waals surface area (Å²) in [6.07, 6.45) is 1.95. The van der Waals surface area contributed by atoms with Gasteiger partial charge in [0, 0.05) is 32.7 Å². The SMILES string of the molecule is Cc1[c-]ccc2cc[nH]c12.[Y]. The van der Waals surface area contributed by atoms with E-state index < -0.39 is 0 Å². The van der Waals surface area contributed by atoms with Gasteiger partial charge in [-0.15, -0.1) is 10.9 Å². The fourth-order valence-corrected chi connectivity index (χ4v) is 1.17. The van der Waals surface area contributed by atoms with E-state index in [0.717, 1.165) is 0 Å². The topological polar surface area (TPSA) is 15.8 Å². The third kappa shape index (κ3) is 1.55. The van der Waals surface area contributed by atoms with Gasteiger partial charge in [-0.2, -0.15) is 18.2 Å². The molecule has 0 bridgehead atoms. The van der Waals surface area contributed by atoms with E-state index >= 15 is 0 Å². The summed E-state index contributed by atoms with van der Waals surface area (Å²) < 4.78 is 0. The molecular formula is C9H8NY-. The standard InChI is InChI=1S/C9H8N.Y/c1-7-3-2-4-8-5-6-10-9(7)8;/h2,4-6,10H,1H3;/q-1;. The molecular weight excluding hydrogens is 211 g/mol. The molecule has 0 aliphatic carbocycles. The molecule has 0 unspecified atom stereocenters. The molecule has 0 fully saturated rings. The van der Waals surface area contributed by atoms with Crippen molar-refractivity contribution in [2.75, 3.05) is 0 Å². The fraction of sp³-hybridized carbons (Fsp3) is 0.111. The van der Waals surface area contributed by atoms with Crippen molar-refractivity contribution in [3.8, 4) is 0 Å². The summed E-state index contributed by atoms with van der Waals surface area (Å²) in [5.74, 6) is 0. The Morgan fingerprint density at radius 3 is 2.91 bits per heavy atom. The summed E-state index contributed by atoms with van der Waals surface area (Å²) in [7, 11) is 0. The zero-order valence-corrected chi connectivity index (χ0v) is 9.23. The van der Waals surface area contributed by atoms with Crippen LogP contribution in [0.15, 0.2) is 24.4 Å². The number of aryl methyl sites for hydroxylation is 1. The number of hydrogen-bond donors (Lipinski definition) is 1. The molecule has 11 heavy (non-hydrogen) atoms. The van der Waals surface area contributed by atoms with Crippen LogP contribution in [0.2, 0.25) is 0 Å². The first-order valence-corrected chi connectivity index (χ1v) is 3.32. The van der Waals surface area contributed by atoms with Crippen molar-refractivity contribution in [3.05, 3.63) is 36.0 Å². The van der Waals surface area contributed by atoms with Gasteiger partial charge in [0.15, 0.2) is 0 Å². The Bertz CT molecular complexity index is 351. The number of rotatable bonds is 0. The quantitative estimate of drug-likeness (QED) is 0.654. The maximum Gasteiger partial charge on any atom is 0 e. The Morgan fingerprint density at radius 1 is 1.36 bits per heavy atom. The molecule has 0 saturated heterocycles. The first-order valence-electron chi connectivity index (χ1n) is 3.32. The summed E-state index contributed by atoms with van der Waals surface area (Å²) >= 11 is 0. The summed E-state index contributed by atoms with van der Waals surface area (Å²) in [6.45, 7) is 2.05. The van der Waals surface area contributed by atoms with Gasteiger partial charge in [-0.05, 0) is 6.20 Å².